The molecule has 0 spiro atoms. The number of methoxy groups -OCH3 is 1. The second kappa shape index (κ2) is 7.53. The molecule has 2 unspecified atom stereocenters. The van der Waals surface area contributed by atoms with E-state index in [0.717, 1.165) is 26.0 Å². The molecule has 0 saturated heterocycles. The molecule has 74 valence electrons. The normalized spacial score (nSPS) is 16.0. The van der Waals surface area contributed by atoms with Crippen molar-refractivity contribution in [1.29, 1.82) is 0 Å². The molecule has 0 aliphatic rings. The van der Waals surface area contributed by atoms with Gasteiger partial charge in [0.25, 0.3) is 0 Å². The molecule has 0 aliphatic heterocycles. The van der Waals surface area contributed by atoms with Gasteiger partial charge >= 0.3 is 0 Å². The Kier molecular flexibility index (Phi) is 7.45. The minimum absolute atomic E-state index is 0.504. The third-order valence-electron chi connectivity index (χ3n) is 2.21. The van der Waals surface area contributed by atoms with Gasteiger partial charge in [-0.3, -0.25) is 0 Å². The van der Waals surface area contributed by atoms with Crippen LogP contribution >= 0.6 is 0 Å². The predicted octanol–water partition coefficient (Wildman–Crippen LogP) is 0.583. The number of ether oxygens (including phenoxy) is 1. The van der Waals surface area contributed by atoms with Crippen LogP contribution in [-0.4, -0.2) is 26.8 Å². The Hall–Kier alpha value is -0.120. The zero-order valence-corrected chi connectivity index (χ0v) is 8.25. The molecule has 2 atom stereocenters. The standard InChI is InChI=1S/C9H22N2O/c1-8(5-10)3-4-9(6-11)7-12-2/h8-9H,3-7,10-11H2,1-2H3. The minimum atomic E-state index is 0.504. The van der Waals surface area contributed by atoms with E-state index < -0.39 is 0 Å². The van der Waals surface area contributed by atoms with Crippen molar-refractivity contribution in [3.8, 4) is 0 Å². The summed E-state index contributed by atoms with van der Waals surface area (Å²) in [6, 6.07) is 0. The van der Waals surface area contributed by atoms with Crippen LogP contribution in [0.1, 0.15) is 19.8 Å². The fourth-order valence-electron chi connectivity index (χ4n) is 1.14. The van der Waals surface area contributed by atoms with E-state index in [1.54, 1.807) is 7.11 Å². The van der Waals surface area contributed by atoms with Gasteiger partial charge in [-0.25, -0.2) is 0 Å². The molecule has 3 nitrogen and oxygen atoms in total. The molecule has 4 N–H and O–H groups in total. The zero-order chi connectivity index (χ0) is 9.40. The monoisotopic (exact) mass is 174 g/mol. The lowest BCUT2D eigenvalue weighted by molar-refractivity contribution is 0.147. The average Bonchev–Trinajstić information content (AvgIpc) is 2.11. The van der Waals surface area contributed by atoms with Crippen LogP contribution < -0.4 is 11.5 Å². The van der Waals surface area contributed by atoms with Gasteiger partial charge in [0.1, 0.15) is 0 Å². The van der Waals surface area contributed by atoms with Gasteiger partial charge in [0.05, 0.1) is 6.61 Å². The zero-order valence-electron chi connectivity index (χ0n) is 8.25. The second-order valence-corrected chi connectivity index (χ2v) is 3.48. The first-order chi connectivity index (χ1) is 5.74. The summed E-state index contributed by atoms with van der Waals surface area (Å²) in [5, 5.41) is 0. The summed E-state index contributed by atoms with van der Waals surface area (Å²) in [5.41, 5.74) is 11.1. The summed E-state index contributed by atoms with van der Waals surface area (Å²) in [7, 11) is 1.72. The van der Waals surface area contributed by atoms with Crippen molar-refractivity contribution in [2.45, 2.75) is 19.8 Å². The maximum atomic E-state index is 5.58. The molecule has 0 aromatic heterocycles. The smallest absolute Gasteiger partial charge is 0.0502 e. The van der Waals surface area contributed by atoms with Crippen molar-refractivity contribution in [3.63, 3.8) is 0 Å². The van der Waals surface area contributed by atoms with Gasteiger partial charge in [-0.1, -0.05) is 6.92 Å². The maximum absolute atomic E-state index is 5.58. The lowest BCUT2D eigenvalue weighted by Gasteiger charge is -2.15. The highest BCUT2D eigenvalue weighted by Gasteiger charge is 2.07. The summed E-state index contributed by atoms with van der Waals surface area (Å²) in [6.45, 7) is 4.42. The van der Waals surface area contributed by atoms with E-state index in [0.29, 0.717) is 18.4 Å². The average molecular weight is 174 g/mol. The highest BCUT2D eigenvalue weighted by Crippen LogP contribution is 2.10. The Morgan fingerprint density at radius 2 is 1.83 bits per heavy atom. The number of hydrogen-bond donors (Lipinski definition) is 2. The highest BCUT2D eigenvalue weighted by atomic mass is 16.5. The second-order valence-electron chi connectivity index (χ2n) is 3.48. The van der Waals surface area contributed by atoms with Crippen molar-refractivity contribution in [2.75, 3.05) is 26.8 Å². The highest BCUT2D eigenvalue weighted by molar-refractivity contribution is 4.62. The fraction of sp³-hybridized carbons (Fsp3) is 1.00. The van der Waals surface area contributed by atoms with Gasteiger partial charge in [0, 0.05) is 7.11 Å². The lowest BCUT2D eigenvalue weighted by Crippen LogP contribution is -2.21. The fourth-order valence-corrected chi connectivity index (χ4v) is 1.14. The van der Waals surface area contributed by atoms with Crippen LogP contribution in [0.4, 0.5) is 0 Å². The molecule has 0 aromatic carbocycles. The number of nitrogens with two attached hydrogens (primary N) is 2. The predicted molar refractivity (Wildman–Crippen MR) is 51.9 cm³/mol. The van der Waals surface area contributed by atoms with E-state index in [4.69, 9.17) is 16.2 Å². The van der Waals surface area contributed by atoms with Crippen LogP contribution in [0.3, 0.4) is 0 Å². The molecule has 0 aromatic rings. The molecule has 0 heterocycles. The van der Waals surface area contributed by atoms with E-state index in [-0.39, 0.29) is 0 Å². The summed E-state index contributed by atoms with van der Waals surface area (Å²) >= 11 is 0. The Morgan fingerprint density at radius 3 is 2.25 bits per heavy atom. The van der Waals surface area contributed by atoms with Gasteiger partial charge in [-0.15, -0.1) is 0 Å². The van der Waals surface area contributed by atoms with Gasteiger partial charge in [0.2, 0.25) is 0 Å². The SMILES string of the molecule is COCC(CN)CCC(C)CN. The first kappa shape index (κ1) is 11.9. The van der Waals surface area contributed by atoms with E-state index in [9.17, 15) is 0 Å². The van der Waals surface area contributed by atoms with Crippen molar-refractivity contribution >= 4 is 0 Å². The Morgan fingerprint density at radius 1 is 1.17 bits per heavy atom. The first-order valence-corrected chi connectivity index (χ1v) is 4.63. The van der Waals surface area contributed by atoms with E-state index in [1.807, 2.05) is 0 Å². The number of rotatable bonds is 7. The summed E-state index contributed by atoms with van der Waals surface area (Å²) < 4.78 is 5.05. The van der Waals surface area contributed by atoms with Gasteiger partial charge in [-0.2, -0.15) is 0 Å². The van der Waals surface area contributed by atoms with Crippen LogP contribution in [0.25, 0.3) is 0 Å². The van der Waals surface area contributed by atoms with E-state index in [2.05, 4.69) is 6.92 Å². The Labute approximate surface area is 75.5 Å². The van der Waals surface area contributed by atoms with Gasteiger partial charge in [-0.05, 0) is 37.8 Å². The number of hydrogen-bond acceptors (Lipinski definition) is 3. The molecule has 12 heavy (non-hydrogen) atoms. The molecule has 0 bridgehead atoms. The molecule has 0 fully saturated rings. The Bertz CT molecular complexity index is 98.5. The quantitative estimate of drug-likeness (QED) is 0.593. The molecule has 0 rings (SSSR count). The molecule has 3 heteroatoms. The lowest BCUT2D eigenvalue weighted by atomic mass is 9.97. The van der Waals surface area contributed by atoms with E-state index in [1.165, 1.54) is 0 Å². The van der Waals surface area contributed by atoms with Crippen molar-refractivity contribution in [3.05, 3.63) is 0 Å². The van der Waals surface area contributed by atoms with E-state index >= 15 is 0 Å². The van der Waals surface area contributed by atoms with Crippen molar-refractivity contribution in [2.24, 2.45) is 23.3 Å². The Balaban J connectivity index is 3.43. The summed E-state index contributed by atoms with van der Waals surface area (Å²) in [4.78, 5) is 0. The van der Waals surface area contributed by atoms with Crippen molar-refractivity contribution in [1.82, 2.24) is 0 Å². The topological polar surface area (TPSA) is 61.3 Å². The van der Waals surface area contributed by atoms with Crippen molar-refractivity contribution < 1.29 is 4.74 Å². The maximum Gasteiger partial charge on any atom is 0.0502 e. The van der Waals surface area contributed by atoms with Crippen LogP contribution in [0.15, 0.2) is 0 Å². The van der Waals surface area contributed by atoms with Crippen LogP contribution in [0, 0.1) is 11.8 Å². The van der Waals surface area contributed by atoms with Crippen LogP contribution in [0.5, 0.6) is 0 Å². The molecular weight excluding hydrogens is 152 g/mol. The molecule has 0 amide bonds. The molecular formula is C9H22N2O. The third-order valence-corrected chi connectivity index (χ3v) is 2.21. The van der Waals surface area contributed by atoms with Gasteiger partial charge < -0.3 is 16.2 Å². The van der Waals surface area contributed by atoms with Crippen LogP contribution in [0.2, 0.25) is 0 Å². The molecule has 0 radical (unpaired) electrons. The third kappa shape index (κ3) is 5.52. The largest absolute Gasteiger partial charge is 0.384 e. The molecule has 0 aliphatic carbocycles. The van der Waals surface area contributed by atoms with Gasteiger partial charge in [0.15, 0.2) is 0 Å². The summed E-state index contributed by atoms with van der Waals surface area (Å²) in [6.07, 6.45) is 2.28. The van der Waals surface area contributed by atoms with Crippen LogP contribution in [-0.2, 0) is 4.74 Å². The molecule has 0 saturated carbocycles. The first-order valence-electron chi connectivity index (χ1n) is 4.63. The summed E-state index contributed by atoms with van der Waals surface area (Å²) in [5.74, 6) is 1.11. The minimum Gasteiger partial charge on any atom is -0.384 e.